The topological polar surface area (TPSA) is 146 Å². The number of amides is 3. The van der Waals surface area contributed by atoms with Crippen LogP contribution in [0.2, 0.25) is 0 Å². The van der Waals surface area contributed by atoms with Crippen LogP contribution in [0.25, 0.3) is 5.65 Å². The zero-order chi connectivity index (χ0) is 30.7. The number of piperidine rings is 1. The molecule has 2 fully saturated rings. The number of alkyl halides is 3. The number of likely N-dealkylation sites (tertiary alicyclic amines) is 1. The first kappa shape index (κ1) is 29.8. The van der Waals surface area contributed by atoms with Crippen molar-refractivity contribution in [3.8, 4) is 11.8 Å². The molecule has 1 aliphatic carbocycles. The minimum atomic E-state index is -5.20. The quantitative estimate of drug-likeness (QED) is 0.535. The van der Waals surface area contributed by atoms with Crippen molar-refractivity contribution >= 4 is 23.4 Å². The van der Waals surface area contributed by atoms with Crippen LogP contribution in [0.3, 0.4) is 0 Å². The molecule has 5 atom stereocenters. The van der Waals surface area contributed by atoms with Gasteiger partial charge in [-0.1, -0.05) is 34.6 Å². The third-order valence-corrected chi connectivity index (χ3v) is 8.01. The van der Waals surface area contributed by atoms with Gasteiger partial charge in [0, 0.05) is 12.6 Å². The minimum absolute atomic E-state index is 0.0245. The van der Waals surface area contributed by atoms with Crippen LogP contribution in [0.1, 0.15) is 46.4 Å². The number of nitriles is 1. The second kappa shape index (κ2) is 10.0. The van der Waals surface area contributed by atoms with Crippen LogP contribution in [0.5, 0.6) is 5.75 Å². The lowest BCUT2D eigenvalue weighted by atomic mass is 9.85. The predicted molar refractivity (Wildman–Crippen MR) is 138 cm³/mol. The zero-order valence-corrected chi connectivity index (χ0v) is 23.4. The van der Waals surface area contributed by atoms with Gasteiger partial charge < -0.3 is 20.3 Å². The monoisotopic (exact) mass is 576 g/mol. The Morgan fingerprint density at radius 3 is 2.41 bits per heavy atom. The molecule has 2 aromatic heterocycles. The second-order valence-corrected chi connectivity index (χ2v) is 12.0. The number of pyridine rings is 1. The van der Waals surface area contributed by atoms with E-state index in [1.54, 1.807) is 11.4 Å². The Hall–Kier alpha value is -4.15. The maximum Gasteiger partial charge on any atom is 0.471 e. The first-order chi connectivity index (χ1) is 18.9. The number of ether oxygens (including phenoxy) is 1. The molecular formula is C27H31F3N6O5. The van der Waals surface area contributed by atoms with Gasteiger partial charge in [-0.25, -0.2) is 4.98 Å². The van der Waals surface area contributed by atoms with Crippen molar-refractivity contribution in [1.82, 2.24) is 24.9 Å². The second-order valence-electron chi connectivity index (χ2n) is 12.0. The van der Waals surface area contributed by atoms with Crippen molar-refractivity contribution in [1.29, 1.82) is 5.26 Å². The number of nitrogens with one attached hydrogen (secondary N) is 2. The van der Waals surface area contributed by atoms with Crippen LogP contribution in [-0.2, 0) is 14.4 Å². The van der Waals surface area contributed by atoms with Gasteiger partial charge in [0.25, 0.3) is 5.56 Å². The third-order valence-electron chi connectivity index (χ3n) is 8.01. The van der Waals surface area contributed by atoms with Crippen LogP contribution in [0.15, 0.2) is 29.2 Å². The van der Waals surface area contributed by atoms with E-state index in [0.29, 0.717) is 5.75 Å². The maximum absolute atomic E-state index is 13.7. The van der Waals surface area contributed by atoms with Crippen molar-refractivity contribution in [2.75, 3.05) is 13.7 Å². The maximum atomic E-state index is 13.7. The average molecular weight is 577 g/mol. The molecule has 0 aromatic carbocycles. The highest BCUT2D eigenvalue weighted by molar-refractivity contribution is 5.95. The molecule has 0 spiro atoms. The fourth-order valence-corrected chi connectivity index (χ4v) is 5.61. The molecule has 1 saturated carbocycles. The van der Waals surface area contributed by atoms with E-state index in [1.165, 1.54) is 49.4 Å². The summed E-state index contributed by atoms with van der Waals surface area (Å²) in [4.78, 5) is 57.3. The number of nitrogens with zero attached hydrogens (tertiary/aromatic N) is 4. The summed E-state index contributed by atoms with van der Waals surface area (Å²) in [6, 6.07) is 2.06. The molecule has 0 radical (unpaired) electrons. The molecule has 1 saturated heterocycles. The molecule has 2 aliphatic rings. The molecule has 220 valence electrons. The molecule has 41 heavy (non-hydrogen) atoms. The summed E-state index contributed by atoms with van der Waals surface area (Å²) >= 11 is 0. The molecule has 0 bridgehead atoms. The van der Waals surface area contributed by atoms with Gasteiger partial charge in [-0.05, 0) is 34.8 Å². The summed E-state index contributed by atoms with van der Waals surface area (Å²) in [6.07, 6.45) is -3.78. The fourth-order valence-electron chi connectivity index (χ4n) is 5.61. The Kier molecular flexibility index (Phi) is 7.30. The van der Waals surface area contributed by atoms with Gasteiger partial charge in [0.2, 0.25) is 11.8 Å². The molecular weight excluding hydrogens is 545 g/mol. The smallest absolute Gasteiger partial charge is 0.471 e. The number of halogens is 3. The lowest BCUT2D eigenvalue weighted by Gasteiger charge is -2.37. The molecule has 3 amide bonds. The van der Waals surface area contributed by atoms with Gasteiger partial charge in [-0.2, -0.15) is 18.4 Å². The number of aromatic nitrogens is 2. The summed E-state index contributed by atoms with van der Waals surface area (Å²) in [5, 5.41) is 14.2. The first-order valence-electron chi connectivity index (χ1n) is 12.9. The Bertz CT molecular complexity index is 1510. The largest absolute Gasteiger partial charge is 0.495 e. The van der Waals surface area contributed by atoms with E-state index in [1.807, 2.05) is 19.9 Å². The van der Waals surface area contributed by atoms with Crippen LogP contribution in [0, 0.1) is 34.0 Å². The highest BCUT2D eigenvalue weighted by atomic mass is 19.4. The average Bonchev–Trinajstić information content (AvgIpc) is 3.21. The molecule has 1 aliphatic heterocycles. The standard InChI is InChI=1S/C27H31F3N6O5/c1-25(2,3)21(34-24(40)27(28,29)30)23(39)36-12-14-19(26(14,4)5)20(36)22(38)33-16(10-31)15-9-18(37)35-11-13(41-6)7-8-17(35)32-15/h7-9,11,14,16,19-21H,12H2,1-6H3,(H,33,38)(H,34,40)/t14-,16?,19-,20-,21+/m0/s1. The molecule has 2 N–H and O–H groups in total. The van der Waals surface area contributed by atoms with Gasteiger partial charge in [0.15, 0.2) is 6.04 Å². The van der Waals surface area contributed by atoms with E-state index in [4.69, 9.17) is 4.74 Å². The number of hydrogen-bond donors (Lipinski definition) is 2. The molecule has 11 nitrogen and oxygen atoms in total. The summed E-state index contributed by atoms with van der Waals surface area (Å²) in [6.45, 7) is 8.45. The van der Waals surface area contributed by atoms with Gasteiger partial charge >= 0.3 is 12.1 Å². The fraction of sp³-hybridized carbons (Fsp3) is 0.556. The van der Waals surface area contributed by atoms with E-state index >= 15 is 0 Å². The van der Waals surface area contributed by atoms with Gasteiger partial charge in [-0.15, -0.1) is 0 Å². The number of hydrogen-bond acceptors (Lipinski definition) is 7. The third kappa shape index (κ3) is 5.45. The van der Waals surface area contributed by atoms with Crippen LogP contribution >= 0.6 is 0 Å². The van der Waals surface area contributed by atoms with Crippen LogP contribution in [-0.4, -0.2) is 63.9 Å². The highest BCUT2D eigenvalue weighted by Crippen LogP contribution is 2.65. The lowest BCUT2D eigenvalue weighted by molar-refractivity contribution is -0.176. The SMILES string of the molecule is COc1ccc2nc(C(C#N)NC(=O)[C@@H]3[C@@H]4[C@H](CN3C(=O)[C@@H](NC(=O)C(F)(F)F)C(C)(C)C)C4(C)C)cc(=O)n2c1. The van der Waals surface area contributed by atoms with Crippen LogP contribution < -0.4 is 20.9 Å². The van der Waals surface area contributed by atoms with E-state index in [0.717, 1.165) is 6.07 Å². The zero-order valence-electron chi connectivity index (χ0n) is 23.4. The summed E-state index contributed by atoms with van der Waals surface area (Å²) in [5.41, 5.74) is -1.79. The van der Waals surface area contributed by atoms with Crippen molar-refractivity contribution < 1.29 is 32.3 Å². The number of methoxy groups -OCH3 is 1. The van der Waals surface area contributed by atoms with Gasteiger partial charge in [0.05, 0.1) is 25.1 Å². The van der Waals surface area contributed by atoms with E-state index in [9.17, 15) is 37.6 Å². The number of carbonyl (C=O) groups is 3. The Balaban J connectivity index is 1.63. The molecule has 2 aromatic rings. The first-order valence-corrected chi connectivity index (χ1v) is 12.9. The van der Waals surface area contributed by atoms with Crippen molar-refractivity contribution in [3.05, 3.63) is 40.4 Å². The molecule has 3 heterocycles. The molecule has 1 unspecified atom stereocenters. The lowest BCUT2D eigenvalue weighted by Crippen LogP contribution is -2.60. The number of fused-ring (bicyclic) bond motifs is 2. The van der Waals surface area contributed by atoms with E-state index in [2.05, 4.69) is 10.3 Å². The number of rotatable bonds is 6. The Morgan fingerprint density at radius 2 is 1.85 bits per heavy atom. The predicted octanol–water partition coefficient (Wildman–Crippen LogP) is 1.96. The highest BCUT2D eigenvalue weighted by Gasteiger charge is 2.70. The molecule has 4 rings (SSSR count). The van der Waals surface area contributed by atoms with Crippen molar-refractivity contribution in [3.63, 3.8) is 0 Å². The Labute approximate surface area is 233 Å². The summed E-state index contributed by atoms with van der Waals surface area (Å²) < 4.78 is 45.5. The number of carbonyl (C=O) groups excluding carboxylic acids is 3. The Morgan fingerprint density at radius 1 is 1.20 bits per heavy atom. The van der Waals surface area contributed by atoms with Crippen LogP contribution in [0.4, 0.5) is 13.2 Å². The van der Waals surface area contributed by atoms with Gasteiger partial charge in [0.1, 0.15) is 23.5 Å². The normalized spacial score (nSPS) is 22.7. The van der Waals surface area contributed by atoms with Gasteiger partial charge in [-0.3, -0.25) is 23.6 Å². The van der Waals surface area contributed by atoms with Crippen molar-refractivity contribution in [2.24, 2.45) is 22.7 Å². The van der Waals surface area contributed by atoms with E-state index in [-0.39, 0.29) is 35.1 Å². The minimum Gasteiger partial charge on any atom is -0.495 e. The van der Waals surface area contributed by atoms with Crippen molar-refractivity contribution in [2.45, 2.75) is 58.9 Å². The summed E-state index contributed by atoms with van der Waals surface area (Å²) in [7, 11) is 1.44. The van der Waals surface area contributed by atoms with E-state index < -0.39 is 53.0 Å². The summed E-state index contributed by atoms with van der Waals surface area (Å²) in [5.74, 6) is -3.83. The molecule has 14 heteroatoms.